The lowest BCUT2D eigenvalue weighted by Gasteiger charge is -2.02. The zero-order chi connectivity index (χ0) is 17.0. The van der Waals surface area contributed by atoms with Crippen LogP contribution in [0.4, 0.5) is 0 Å². The van der Waals surface area contributed by atoms with Crippen LogP contribution in [0.2, 0.25) is 0 Å². The number of hydrogen-bond acceptors (Lipinski definition) is 1. The van der Waals surface area contributed by atoms with Gasteiger partial charge in [-0.15, -0.1) is 0 Å². The molecule has 22 heavy (non-hydrogen) atoms. The fourth-order valence-corrected chi connectivity index (χ4v) is 2.30. The van der Waals surface area contributed by atoms with Crippen LogP contribution in [0, 0.1) is 0 Å². The maximum absolute atomic E-state index is 11.0. The molecule has 0 heterocycles. The summed E-state index contributed by atoms with van der Waals surface area (Å²) in [6.07, 6.45) is 15.3. The van der Waals surface area contributed by atoms with Gasteiger partial charge in [-0.25, -0.2) is 0 Å². The van der Waals surface area contributed by atoms with Gasteiger partial charge in [0.1, 0.15) is 0 Å². The Balaban J connectivity index is 4.01. The van der Waals surface area contributed by atoms with Crippen LogP contribution in [-0.2, 0) is 4.79 Å². The first kappa shape index (κ1) is 20.6. The molecule has 0 N–H and O–H groups in total. The predicted octanol–water partition coefficient (Wildman–Crippen LogP) is 6.72. The van der Waals surface area contributed by atoms with E-state index in [0.29, 0.717) is 0 Å². The lowest BCUT2D eigenvalue weighted by molar-refractivity contribution is -0.112. The van der Waals surface area contributed by atoms with Crippen LogP contribution in [0.1, 0.15) is 80.1 Å². The van der Waals surface area contributed by atoms with Crippen molar-refractivity contribution in [3.63, 3.8) is 0 Å². The Morgan fingerprint density at radius 1 is 0.636 bits per heavy atom. The Morgan fingerprint density at radius 2 is 1.05 bits per heavy atom. The van der Waals surface area contributed by atoms with Crippen LogP contribution in [-0.4, -0.2) is 5.78 Å². The van der Waals surface area contributed by atoms with E-state index in [4.69, 9.17) is 0 Å². The smallest absolute Gasteiger partial charge is 0.152 e. The van der Waals surface area contributed by atoms with E-state index in [-0.39, 0.29) is 5.78 Å². The van der Waals surface area contributed by atoms with Gasteiger partial charge in [0.25, 0.3) is 0 Å². The van der Waals surface area contributed by atoms with Crippen LogP contribution < -0.4 is 0 Å². The van der Waals surface area contributed by atoms with E-state index in [0.717, 1.165) is 32.1 Å². The van der Waals surface area contributed by atoms with Crippen LogP contribution >= 0.6 is 0 Å². The van der Waals surface area contributed by atoms with Crippen molar-refractivity contribution < 1.29 is 4.79 Å². The van der Waals surface area contributed by atoms with Crippen molar-refractivity contribution in [2.45, 2.75) is 80.1 Å². The molecular weight excluding hydrogens is 268 g/mol. The number of ketones is 1. The van der Waals surface area contributed by atoms with Crippen LogP contribution in [0.3, 0.4) is 0 Å². The standard InChI is InChI=1S/C21H34O/c1-17(2)10-7-11-18(3)12-8-13-19(4)14-9-15-20(5)16-21(6)22/h10,12,14,16H,7-9,11,13,15H2,1-6H3/b18-12+,19-14-,20-16+. The first-order chi connectivity index (χ1) is 10.3. The maximum Gasteiger partial charge on any atom is 0.152 e. The quantitative estimate of drug-likeness (QED) is 0.323. The molecule has 0 aromatic rings. The number of carbonyl (C=O) groups is 1. The van der Waals surface area contributed by atoms with E-state index in [1.807, 2.05) is 6.92 Å². The molecule has 0 aromatic carbocycles. The maximum atomic E-state index is 11.0. The van der Waals surface area contributed by atoms with Crippen molar-refractivity contribution in [3.05, 3.63) is 46.6 Å². The van der Waals surface area contributed by atoms with E-state index >= 15 is 0 Å². The molecule has 0 aliphatic rings. The summed E-state index contributed by atoms with van der Waals surface area (Å²) in [6.45, 7) is 12.4. The highest BCUT2D eigenvalue weighted by Gasteiger charge is 1.94. The summed E-state index contributed by atoms with van der Waals surface area (Å²) in [4.78, 5) is 11.0. The number of allylic oxidation sites excluding steroid dienone is 8. The fraction of sp³-hybridized carbons (Fsp3) is 0.571. The van der Waals surface area contributed by atoms with Gasteiger partial charge in [-0.1, -0.05) is 40.5 Å². The van der Waals surface area contributed by atoms with Crippen molar-refractivity contribution in [1.29, 1.82) is 0 Å². The summed E-state index contributed by atoms with van der Waals surface area (Å²) in [7, 11) is 0. The summed E-state index contributed by atoms with van der Waals surface area (Å²) in [6, 6.07) is 0. The second-order valence-corrected chi connectivity index (χ2v) is 6.60. The summed E-state index contributed by atoms with van der Waals surface area (Å²) < 4.78 is 0. The van der Waals surface area contributed by atoms with Gasteiger partial charge in [0.2, 0.25) is 0 Å². The molecular formula is C21H34O. The minimum Gasteiger partial charge on any atom is -0.295 e. The Bertz CT molecular complexity index is 454. The van der Waals surface area contributed by atoms with E-state index < -0.39 is 0 Å². The van der Waals surface area contributed by atoms with Crippen molar-refractivity contribution in [2.24, 2.45) is 0 Å². The number of rotatable bonds is 10. The normalized spacial score (nSPS) is 13.3. The van der Waals surface area contributed by atoms with Gasteiger partial charge in [-0.3, -0.25) is 4.79 Å². The third-order valence-corrected chi connectivity index (χ3v) is 3.60. The molecule has 1 heteroatoms. The summed E-state index contributed by atoms with van der Waals surface area (Å²) in [5.41, 5.74) is 5.52. The highest BCUT2D eigenvalue weighted by Crippen LogP contribution is 2.13. The van der Waals surface area contributed by atoms with Gasteiger partial charge in [0, 0.05) is 0 Å². The summed E-state index contributed by atoms with van der Waals surface area (Å²) >= 11 is 0. The van der Waals surface area contributed by atoms with E-state index in [1.165, 1.54) is 28.7 Å². The molecule has 0 saturated carbocycles. The zero-order valence-electron chi connectivity index (χ0n) is 15.5. The molecule has 0 aliphatic carbocycles. The molecule has 0 fully saturated rings. The van der Waals surface area contributed by atoms with Gasteiger partial charge in [0.15, 0.2) is 5.78 Å². The van der Waals surface area contributed by atoms with Crippen molar-refractivity contribution >= 4 is 5.78 Å². The SMILES string of the molecule is CC(=O)/C=C(\C)CC/C=C(/C)CC/C=C(\C)CCC=C(C)C. The highest BCUT2D eigenvalue weighted by molar-refractivity contribution is 5.87. The lowest BCUT2D eigenvalue weighted by Crippen LogP contribution is -1.86. The summed E-state index contributed by atoms with van der Waals surface area (Å²) in [5, 5.41) is 0. The average molecular weight is 303 g/mol. The van der Waals surface area contributed by atoms with E-state index in [1.54, 1.807) is 13.0 Å². The molecule has 124 valence electrons. The van der Waals surface area contributed by atoms with Gasteiger partial charge >= 0.3 is 0 Å². The third kappa shape index (κ3) is 13.6. The van der Waals surface area contributed by atoms with E-state index in [9.17, 15) is 4.79 Å². The van der Waals surface area contributed by atoms with E-state index in [2.05, 4.69) is 45.9 Å². The fourth-order valence-electron chi connectivity index (χ4n) is 2.30. The van der Waals surface area contributed by atoms with Crippen LogP contribution in [0.25, 0.3) is 0 Å². The minimum atomic E-state index is 0.145. The van der Waals surface area contributed by atoms with Crippen LogP contribution in [0.15, 0.2) is 46.6 Å². The summed E-state index contributed by atoms with van der Waals surface area (Å²) in [5.74, 6) is 0.145. The first-order valence-electron chi connectivity index (χ1n) is 8.43. The van der Waals surface area contributed by atoms with Gasteiger partial charge in [-0.2, -0.15) is 0 Å². The molecule has 0 unspecified atom stereocenters. The van der Waals surface area contributed by atoms with Crippen molar-refractivity contribution in [2.75, 3.05) is 0 Å². The van der Waals surface area contributed by atoms with Crippen molar-refractivity contribution in [3.8, 4) is 0 Å². The second-order valence-electron chi connectivity index (χ2n) is 6.60. The molecule has 0 amide bonds. The largest absolute Gasteiger partial charge is 0.295 e. The van der Waals surface area contributed by atoms with Gasteiger partial charge < -0.3 is 0 Å². The Morgan fingerprint density at radius 3 is 1.45 bits per heavy atom. The molecule has 0 spiro atoms. The second kappa shape index (κ2) is 12.2. The Kier molecular flexibility index (Phi) is 11.4. The minimum absolute atomic E-state index is 0.145. The monoisotopic (exact) mass is 302 g/mol. The highest BCUT2D eigenvalue weighted by atomic mass is 16.1. The molecule has 0 aromatic heterocycles. The molecule has 0 bridgehead atoms. The molecule has 0 saturated heterocycles. The lowest BCUT2D eigenvalue weighted by atomic mass is 10.0. The average Bonchev–Trinajstić information content (AvgIpc) is 2.37. The molecule has 0 atom stereocenters. The van der Waals surface area contributed by atoms with Crippen molar-refractivity contribution in [1.82, 2.24) is 0 Å². The third-order valence-electron chi connectivity index (χ3n) is 3.60. The molecule has 0 rings (SSSR count). The predicted molar refractivity (Wildman–Crippen MR) is 99.1 cm³/mol. The Hall–Kier alpha value is -1.37. The Labute approximate surface area is 137 Å². The van der Waals surface area contributed by atoms with Gasteiger partial charge in [-0.05, 0) is 86.1 Å². The zero-order valence-corrected chi connectivity index (χ0v) is 15.5. The molecule has 0 aliphatic heterocycles. The van der Waals surface area contributed by atoms with Gasteiger partial charge in [0.05, 0.1) is 0 Å². The number of hydrogen-bond donors (Lipinski definition) is 0. The first-order valence-corrected chi connectivity index (χ1v) is 8.43. The topological polar surface area (TPSA) is 17.1 Å². The molecule has 0 radical (unpaired) electrons. The molecule has 1 nitrogen and oxygen atoms in total. The van der Waals surface area contributed by atoms with Crippen LogP contribution in [0.5, 0.6) is 0 Å². The number of carbonyl (C=O) groups excluding carboxylic acids is 1.